The van der Waals surface area contributed by atoms with Gasteiger partial charge in [-0.3, -0.25) is 4.98 Å². The molecular weight excluding hydrogens is 267 g/mol. The van der Waals surface area contributed by atoms with E-state index >= 15 is 0 Å². The van der Waals surface area contributed by atoms with Crippen LogP contribution in [0.3, 0.4) is 0 Å². The number of nitrogen functional groups attached to an aromatic ring is 1. The van der Waals surface area contributed by atoms with Gasteiger partial charge in [0.15, 0.2) is 0 Å². The number of benzene rings is 2. The average Bonchev–Trinajstić information content (AvgIpc) is 2.43. The highest BCUT2D eigenvalue weighted by molar-refractivity contribution is 5.88. The number of hydrogen-bond acceptors (Lipinski definition) is 3. The van der Waals surface area contributed by atoms with Gasteiger partial charge in [0.1, 0.15) is 17.3 Å². The van der Waals surface area contributed by atoms with Crippen molar-refractivity contribution in [2.75, 3.05) is 5.73 Å². The number of aryl methyl sites for hydroxylation is 2. The monoisotopic (exact) mass is 282 g/mol. The molecule has 0 unspecified atom stereocenters. The van der Waals surface area contributed by atoms with Gasteiger partial charge >= 0.3 is 0 Å². The third-order valence-electron chi connectivity index (χ3n) is 3.29. The lowest BCUT2D eigenvalue weighted by Crippen LogP contribution is -1.94. The van der Waals surface area contributed by atoms with Gasteiger partial charge in [-0.25, -0.2) is 4.39 Å². The minimum atomic E-state index is -0.329. The van der Waals surface area contributed by atoms with E-state index in [0.717, 1.165) is 22.2 Å². The van der Waals surface area contributed by atoms with E-state index in [0.29, 0.717) is 17.2 Å². The van der Waals surface area contributed by atoms with Gasteiger partial charge in [-0.05, 0) is 43.7 Å². The fraction of sp³-hybridized carbons (Fsp3) is 0.118. The first kappa shape index (κ1) is 13.4. The third kappa shape index (κ3) is 2.65. The van der Waals surface area contributed by atoms with Crippen LogP contribution in [-0.4, -0.2) is 4.98 Å². The number of nitrogens with zero attached hydrogens (tertiary/aromatic N) is 1. The summed E-state index contributed by atoms with van der Waals surface area (Å²) in [4.78, 5) is 4.45. The zero-order chi connectivity index (χ0) is 15.0. The molecule has 3 rings (SSSR count). The van der Waals surface area contributed by atoms with Gasteiger partial charge in [0.05, 0.1) is 5.52 Å². The lowest BCUT2D eigenvalue weighted by molar-refractivity contribution is 0.477. The molecule has 0 aliphatic heterocycles. The molecule has 0 aliphatic carbocycles. The Hall–Kier alpha value is -2.62. The summed E-state index contributed by atoms with van der Waals surface area (Å²) in [5.74, 6) is 0.785. The molecule has 0 atom stereocenters. The highest BCUT2D eigenvalue weighted by Gasteiger charge is 2.09. The van der Waals surface area contributed by atoms with E-state index in [1.54, 1.807) is 12.1 Å². The Balaban J connectivity index is 2.15. The van der Waals surface area contributed by atoms with Crippen LogP contribution >= 0.6 is 0 Å². The lowest BCUT2D eigenvalue weighted by atomic mass is 10.1. The topological polar surface area (TPSA) is 48.1 Å². The van der Waals surface area contributed by atoms with Gasteiger partial charge < -0.3 is 10.5 Å². The molecule has 0 fully saturated rings. The molecule has 1 heterocycles. The second kappa shape index (κ2) is 5.05. The standard InChI is InChI=1S/C17H15FN2O/c1-10-3-4-12(18)8-16(10)21-17-7-11(2)20-15-6-5-13(19)9-14(15)17/h3-9H,19H2,1-2H3. The van der Waals surface area contributed by atoms with E-state index in [4.69, 9.17) is 10.5 Å². The van der Waals surface area contributed by atoms with Crippen molar-refractivity contribution in [1.82, 2.24) is 4.98 Å². The molecule has 0 radical (unpaired) electrons. The molecule has 3 nitrogen and oxygen atoms in total. The summed E-state index contributed by atoms with van der Waals surface area (Å²) in [5, 5.41) is 0.810. The molecule has 0 spiro atoms. The lowest BCUT2D eigenvalue weighted by Gasteiger charge is -2.12. The summed E-state index contributed by atoms with van der Waals surface area (Å²) >= 11 is 0. The Kier molecular flexibility index (Phi) is 3.22. The summed E-state index contributed by atoms with van der Waals surface area (Å²) in [5.41, 5.74) is 8.96. The van der Waals surface area contributed by atoms with Crippen LogP contribution in [0.5, 0.6) is 11.5 Å². The first-order chi connectivity index (χ1) is 10.0. The molecule has 0 aliphatic rings. The van der Waals surface area contributed by atoms with Crippen LogP contribution in [0.15, 0.2) is 42.5 Å². The van der Waals surface area contributed by atoms with Crippen molar-refractivity contribution in [3.05, 3.63) is 59.5 Å². The number of nitrogens with two attached hydrogens (primary N) is 1. The van der Waals surface area contributed by atoms with E-state index in [1.165, 1.54) is 12.1 Å². The van der Waals surface area contributed by atoms with Crippen LogP contribution in [0.25, 0.3) is 10.9 Å². The maximum atomic E-state index is 13.4. The van der Waals surface area contributed by atoms with Crippen molar-refractivity contribution in [1.29, 1.82) is 0 Å². The van der Waals surface area contributed by atoms with E-state index in [1.807, 2.05) is 32.0 Å². The highest BCUT2D eigenvalue weighted by Crippen LogP contribution is 2.32. The summed E-state index contributed by atoms with van der Waals surface area (Å²) in [6.07, 6.45) is 0. The van der Waals surface area contributed by atoms with Crippen molar-refractivity contribution in [2.45, 2.75) is 13.8 Å². The van der Waals surface area contributed by atoms with Gasteiger partial charge in [-0.2, -0.15) is 0 Å². The van der Waals surface area contributed by atoms with Gasteiger partial charge in [0.25, 0.3) is 0 Å². The van der Waals surface area contributed by atoms with Gasteiger partial charge in [-0.15, -0.1) is 0 Å². The van der Waals surface area contributed by atoms with Crippen molar-refractivity contribution in [2.24, 2.45) is 0 Å². The van der Waals surface area contributed by atoms with Gasteiger partial charge in [-0.1, -0.05) is 6.07 Å². The molecule has 1 aromatic heterocycles. The normalized spacial score (nSPS) is 10.8. The van der Waals surface area contributed by atoms with Crippen molar-refractivity contribution in [3.8, 4) is 11.5 Å². The van der Waals surface area contributed by atoms with E-state index < -0.39 is 0 Å². The Morgan fingerprint density at radius 3 is 2.62 bits per heavy atom. The highest BCUT2D eigenvalue weighted by atomic mass is 19.1. The Morgan fingerprint density at radius 2 is 1.81 bits per heavy atom. The zero-order valence-electron chi connectivity index (χ0n) is 11.9. The van der Waals surface area contributed by atoms with Crippen LogP contribution in [0.4, 0.5) is 10.1 Å². The second-order valence-corrected chi connectivity index (χ2v) is 5.05. The van der Waals surface area contributed by atoms with Gasteiger partial charge in [0.2, 0.25) is 0 Å². The van der Waals surface area contributed by atoms with Crippen molar-refractivity contribution >= 4 is 16.6 Å². The SMILES string of the molecule is Cc1cc(Oc2cc(F)ccc2C)c2cc(N)ccc2n1. The zero-order valence-corrected chi connectivity index (χ0v) is 11.9. The fourth-order valence-corrected chi connectivity index (χ4v) is 2.23. The van der Waals surface area contributed by atoms with Crippen molar-refractivity contribution in [3.63, 3.8) is 0 Å². The Morgan fingerprint density at radius 1 is 1.00 bits per heavy atom. The smallest absolute Gasteiger partial charge is 0.138 e. The predicted molar refractivity (Wildman–Crippen MR) is 82.1 cm³/mol. The summed E-state index contributed by atoms with van der Waals surface area (Å²) in [6, 6.07) is 11.8. The van der Waals surface area contributed by atoms with E-state index in [2.05, 4.69) is 4.98 Å². The van der Waals surface area contributed by atoms with Crippen molar-refractivity contribution < 1.29 is 9.13 Å². The molecule has 0 bridgehead atoms. The number of pyridine rings is 1. The number of fused-ring (bicyclic) bond motifs is 1. The average molecular weight is 282 g/mol. The van der Waals surface area contributed by atoms with Crippen LogP contribution in [-0.2, 0) is 0 Å². The van der Waals surface area contributed by atoms with E-state index in [-0.39, 0.29) is 5.82 Å². The van der Waals surface area contributed by atoms with Crippen LogP contribution in [0.1, 0.15) is 11.3 Å². The molecular formula is C17H15FN2O. The maximum Gasteiger partial charge on any atom is 0.138 e. The maximum absolute atomic E-state index is 13.4. The first-order valence-corrected chi connectivity index (χ1v) is 6.64. The quantitative estimate of drug-likeness (QED) is 0.710. The van der Waals surface area contributed by atoms with Gasteiger partial charge in [0, 0.05) is 28.9 Å². The fourth-order valence-electron chi connectivity index (χ4n) is 2.23. The third-order valence-corrected chi connectivity index (χ3v) is 3.29. The minimum Gasteiger partial charge on any atom is -0.456 e. The molecule has 0 amide bonds. The first-order valence-electron chi connectivity index (χ1n) is 6.64. The molecule has 21 heavy (non-hydrogen) atoms. The number of anilines is 1. The summed E-state index contributed by atoms with van der Waals surface area (Å²) in [6.45, 7) is 3.76. The molecule has 2 N–H and O–H groups in total. The molecule has 0 saturated carbocycles. The summed E-state index contributed by atoms with van der Waals surface area (Å²) in [7, 11) is 0. The Labute approximate surface area is 122 Å². The number of hydrogen-bond donors (Lipinski definition) is 1. The van der Waals surface area contributed by atoms with Crippen LogP contribution < -0.4 is 10.5 Å². The Bertz CT molecular complexity index is 830. The minimum absolute atomic E-state index is 0.329. The van der Waals surface area contributed by atoms with E-state index in [9.17, 15) is 4.39 Å². The molecule has 2 aromatic carbocycles. The number of aromatic nitrogens is 1. The predicted octanol–water partition coefficient (Wildman–Crippen LogP) is 4.37. The summed E-state index contributed by atoms with van der Waals surface area (Å²) < 4.78 is 19.3. The van der Waals surface area contributed by atoms with Crippen LogP contribution in [0, 0.1) is 19.7 Å². The molecule has 3 aromatic rings. The number of ether oxygens (including phenoxy) is 1. The molecule has 106 valence electrons. The number of halogens is 1. The second-order valence-electron chi connectivity index (χ2n) is 5.05. The van der Waals surface area contributed by atoms with Crippen LogP contribution in [0.2, 0.25) is 0 Å². The molecule has 4 heteroatoms. The molecule has 0 saturated heterocycles. The number of rotatable bonds is 2. The largest absolute Gasteiger partial charge is 0.456 e.